The molecule has 0 atom stereocenters. The van der Waals surface area contributed by atoms with Crippen molar-refractivity contribution in [2.45, 2.75) is 0 Å². The van der Waals surface area contributed by atoms with Crippen LogP contribution in [0.1, 0.15) is 0 Å². The monoisotopic (exact) mass is 255 g/mol. The number of anilines is 2. The molecule has 3 N–H and O–H groups in total. The van der Waals surface area contributed by atoms with Gasteiger partial charge in [0.2, 0.25) is 0 Å². The van der Waals surface area contributed by atoms with Gasteiger partial charge in [0.1, 0.15) is 18.0 Å². The average molecular weight is 255 g/mol. The molecule has 0 saturated carbocycles. The molecule has 3 rings (SSSR count). The molecule has 0 fully saturated rings. The van der Waals surface area contributed by atoms with Crippen LogP contribution in [0.15, 0.2) is 46.2 Å². The Balaban J connectivity index is 2.10. The van der Waals surface area contributed by atoms with E-state index in [1.807, 2.05) is 24.3 Å². The third-order valence-electron chi connectivity index (χ3n) is 2.56. The van der Waals surface area contributed by atoms with Gasteiger partial charge < -0.3 is 5.32 Å². The summed E-state index contributed by atoms with van der Waals surface area (Å²) in [4.78, 5) is 35.2. The first-order valence-electron chi connectivity index (χ1n) is 5.53. The molecule has 0 aliphatic carbocycles. The molecule has 0 saturated heterocycles. The number of aromatic amines is 2. The van der Waals surface area contributed by atoms with Crippen molar-refractivity contribution >= 4 is 22.5 Å². The molecule has 0 radical (unpaired) electrons. The number of nitrogens with zero attached hydrogens (tertiary/aromatic N) is 2. The number of aromatic nitrogens is 4. The zero-order chi connectivity index (χ0) is 13.2. The number of H-pyrrole nitrogens is 2. The van der Waals surface area contributed by atoms with E-state index in [-0.39, 0.29) is 5.82 Å². The van der Waals surface area contributed by atoms with Crippen LogP contribution in [-0.4, -0.2) is 19.9 Å². The molecule has 1 aromatic carbocycles. The van der Waals surface area contributed by atoms with Crippen molar-refractivity contribution in [1.29, 1.82) is 0 Å². The predicted molar refractivity (Wildman–Crippen MR) is 70.5 cm³/mol. The van der Waals surface area contributed by atoms with Crippen LogP contribution in [0, 0.1) is 0 Å². The predicted octanol–water partition coefficient (Wildman–Crippen LogP) is 0.750. The Labute approximate surface area is 106 Å². The maximum atomic E-state index is 11.2. The second-order valence-electron chi connectivity index (χ2n) is 3.87. The van der Waals surface area contributed by atoms with E-state index in [1.54, 1.807) is 0 Å². The van der Waals surface area contributed by atoms with Gasteiger partial charge in [-0.2, -0.15) is 0 Å². The van der Waals surface area contributed by atoms with Crippen LogP contribution in [0.2, 0.25) is 0 Å². The standard InChI is InChI=1S/C12H9N5O2/c18-10-5-9(16-12(19)17-10)15-11-7-3-1-2-4-8(7)13-6-14-11/h1-6H,(H3,13,14,15,16,17,18,19). The van der Waals surface area contributed by atoms with E-state index < -0.39 is 11.2 Å². The van der Waals surface area contributed by atoms with Crippen molar-refractivity contribution in [1.82, 2.24) is 19.9 Å². The van der Waals surface area contributed by atoms with Crippen molar-refractivity contribution in [3.8, 4) is 0 Å². The Hall–Kier alpha value is -2.96. The van der Waals surface area contributed by atoms with E-state index in [0.29, 0.717) is 5.82 Å². The summed E-state index contributed by atoms with van der Waals surface area (Å²) >= 11 is 0. The van der Waals surface area contributed by atoms with Crippen LogP contribution >= 0.6 is 0 Å². The second kappa shape index (κ2) is 4.37. The third kappa shape index (κ3) is 2.21. The molecule has 3 aromatic rings. The molecule has 7 nitrogen and oxygen atoms in total. The van der Waals surface area contributed by atoms with Gasteiger partial charge >= 0.3 is 5.69 Å². The van der Waals surface area contributed by atoms with Crippen LogP contribution in [0.3, 0.4) is 0 Å². The Morgan fingerprint density at radius 3 is 2.74 bits per heavy atom. The fourth-order valence-corrected chi connectivity index (χ4v) is 1.77. The van der Waals surface area contributed by atoms with Gasteiger partial charge in [0.05, 0.1) is 5.52 Å². The molecule has 0 aliphatic rings. The number of rotatable bonds is 2. The van der Waals surface area contributed by atoms with E-state index in [2.05, 4.69) is 25.3 Å². The molecule has 2 heterocycles. The van der Waals surface area contributed by atoms with E-state index in [4.69, 9.17) is 0 Å². The quantitative estimate of drug-likeness (QED) is 0.627. The lowest BCUT2D eigenvalue weighted by Crippen LogP contribution is -2.22. The molecule has 94 valence electrons. The Morgan fingerprint density at radius 2 is 1.89 bits per heavy atom. The van der Waals surface area contributed by atoms with E-state index >= 15 is 0 Å². The minimum Gasteiger partial charge on any atom is -0.326 e. The number of fused-ring (bicyclic) bond motifs is 1. The average Bonchev–Trinajstić information content (AvgIpc) is 2.38. The summed E-state index contributed by atoms with van der Waals surface area (Å²) in [6, 6.07) is 8.68. The first kappa shape index (κ1) is 11.1. The minimum absolute atomic E-state index is 0.276. The van der Waals surface area contributed by atoms with Crippen LogP contribution in [-0.2, 0) is 0 Å². The van der Waals surface area contributed by atoms with Crippen LogP contribution in [0.5, 0.6) is 0 Å². The lowest BCUT2D eigenvalue weighted by molar-refractivity contribution is 1.04. The number of hydrogen-bond acceptors (Lipinski definition) is 5. The molecular weight excluding hydrogens is 246 g/mol. The zero-order valence-corrected chi connectivity index (χ0v) is 9.68. The summed E-state index contributed by atoms with van der Waals surface area (Å²) < 4.78 is 0. The lowest BCUT2D eigenvalue weighted by Gasteiger charge is -2.06. The molecule has 0 aliphatic heterocycles. The van der Waals surface area contributed by atoms with Crippen molar-refractivity contribution in [3.63, 3.8) is 0 Å². The van der Waals surface area contributed by atoms with Gasteiger partial charge in [-0.05, 0) is 12.1 Å². The highest BCUT2D eigenvalue weighted by atomic mass is 16.2. The Morgan fingerprint density at radius 1 is 1.05 bits per heavy atom. The molecule has 2 aromatic heterocycles. The number of nitrogens with one attached hydrogen (secondary N) is 3. The Bertz CT molecular complexity index is 819. The normalized spacial score (nSPS) is 10.5. The van der Waals surface area contributed by atoms with Crippen molar-refractivity contribution in [3.05, 3.63) is 57.5 Å². The number of benzene rings is 1. The van der Waals surface area contributed by atoms with Gasteiger partial charge in [0, 0.05) is 11.5 Å². The van der Waals surface area contributed by atoms with E-state index in [9.17, 15) is 9.59 Å². The summed E-state index contributed by atoms with van der Waals surface area (Å²) in [5.41, 5.74) is -0.287. The zero-order valence-electron chi connectivity index (χ0n) is 9.68. The smallest absolute Gasteiger partial charge is 0.326 e. The molecule has 0 spiro atoms. The summed E-state index contributed by atoms with van der Waals surface area (Å²) in [6.07, 6.45) is 1.41. The molecular formula is C12H9N5O2. The fourth-order valence-electron chi connectivity index (χ4n) is 1.77. The first-order chi connectivity index (χ1) is 9.22. The molecule has 19 heavy (non-hydrogen) atoms. The summed E-state index contributed by atoms with van der Waals surface area (Å²) in [5, 5.41) is 3.70. The largest absolute Gasteiger partial charge is 0.327 e. The molecule has 0 bridgehead atoms. The van der Waals surface area contributed by atoms with Gasteiger partial charge in [0.15, 0.2) is 0 Å². The van der Waals surface area contributed by atoms with Gasteiger partial charge in [-0.1, -0.05) is 12.1 Å². The Kier molecular flexibility index (Phi) is 2.57. The van der Waals surface area contributed by atoms with Gasteiger partial charge in [-0.3, -0.25) is 14.8 Å². The maximum Gasteiger partial charge on any atom is 0.327 e. The topological polar surface area (TPSA) is 104 Å². The van der Waals surface area contributed by atoms with Gasteiger partial charge in [-0.15, -0.1) is 0 Å². The van der Waals surface area contributed by atoms with Crippen molar-refractivity contribution < 1.29 is 0 Å². The van der Waals surface area contributed by atoms with Crippen LogP contribution < -0.4 is 16.6 Å². The summed E-state index contributed by atoms with van der Waals surface area (Å²) in [6.45, 7) is 0. The number of para-hydroxylation sites is 1. The first-order valence-corrected chi connectivity index (χ1v) is 5.53. The maximum absolute atomic E-state index is 11.2. The van der Waals surface area contributed by atoms with E-state index in [1.165, 1.54) is 12.4 Å². The molecule has 7 heteroatoms. The van der Waals surface area contributed by atoms with Crippen LogP contribution in [0.25, 0.3) is 10.9 Å². The summed E-state index contributed by atoms with van der Waals surface area (Å²) in [5.74, 6) is 0.796. The lowest BCUT2D eigenvalue weighted by atomic mass is 10.2. The highest BCUT2D eigenvalue weighted by Gasteiger charge is 2.04. The van der Waals surface area contributed by atoms with Gasteiger partial charge in [-0.25, -0.2) is 14.8 Å². The number of hydrogen-bond donors (Lipinski definition) is 3. The molecule has 0 unspecified atom stereocenters. The van der Waals surface area contributed by atoms with E-state index in [0.717, 1.165) is 10.9 Å². The minimum atomic E-state index is -0.576. The third-order valence-corrected chi connectivity index (χ3v) is 2.56. The fraction of sp³-hybridized carbons (Fsp3) is 0. The molecule has 0 amide bonds. The second-order valence-corrected chi connectivity index (χ2v) is 3.87. The van der Waals surface area contributed by atoms with Crippen LogP contribution in [0.4, 0.5) is 11.6 Å². The highest BCUT2D eigenvalue weighted by Crippen LogP contribution is 2.20. The van der Waals surface area contributed by atoms with Gasteiger partial charge in [0.25, 0.3) is 5.56 Å². The van der Waals surface area contributed by atoms with Crippen molar-refractivity contribution in [2.75, 3.05) is 5.32 Å². The summed E-state index contributed by atoms with van der Waals surface area (Å²) in [7, 11) is 0. The SMILES string of the molecule is O=c1cc(Nc2ncnc3ccccc23)[nH]c(=O)[nH]1. The highest BCUT2D eigenvalue weighted by molar-refractivity contribution is 5.90. The van der Waals surface area contributed by atoms with Crippen molar-refractivity contribution in [2.24, 2.45) is 0 Å².